The lowest BCUT2D eigenvalue weighted by molar-refractivity contribution is 0.103. The second-order valence-corrected chi connectivity index (χ2v) is 6.11. The molecule has 3 rings (SSSR count). The predicted octanol–water partition coefficient (Wildman–Crippen LogP) is 4.92. The number of hydrogen-bond acceptors (Lipinski definition) is 2. The third kappa shape index (κ3) is 2.69. The second-order valence-electron chi connectivity index (χ2n) is 4.11. The molecule has 2 aromatic carbocycles. The standard InChI is InChI=1S/C15H10BrNOS/c16-11-5-7-12(8-6-11)17-15(18)14-9-10-3-1-2-4-13(10)19-14/h1-9H,(H,17,18). The van der Waals surface area contributed by atoms with E-state index in [2.05, 4.69) is 21.2 Å². The van der Waals surface area contributed by atoms with Crippen LogP contribution in [0.15, 0.2) is 59.1 Å². The normalized spacial score (nSPS) is 10.6. The van der Waals surface area contributed by atoms with E-state index in [0.717, 1.165) is 25.1 Å². The number of carbonyl (C=O) groups is 1. The summed E-state index contributed by atoms with van der Waals surface area (Å²) in [7, 11) is 0. The molecular weight excluding hydrogens is 322 g/mol. The molecule has 1 amide bonds. The topological polar surface area (TPSA) is 29.1 Å². The first-order valence-corrected chi connectivity index (χ1v) is 7.39. The Hall–Kier alpha value is -1.65. The van der Waals surface area contributed by atoms with Crippen molar-refractivity contribution in [2.24, 2.45) is 0 Å². The summed E-state index contributed by atoms with van der Waals surface area (Å²) in [6, 6.07) is 17.5. The third-order valence-corrected chi connectivity index (χ3v) is 4.39. The summed E-state index contributed by atoms with van der Waals surface area (Å²) in [4.78, 5) is 12.9. The zero-order valence-electron chi connectivity index (χ0n) is 9.89. The fourth-order valence-electron chi connectivity index (χ4n) is 1.82. The van der Waals surface area contributed by atoms with Crippen LogP contribution in [-0.4, -0.2) is 5.91 Å². The molecule has 0 spiro atoms. The number of nitrogens with one attached hydrogen (secondary N) is 1. The van der Waals surface area contributed by atoms with Crippen LogP contribution in [0.3, 0.4) is 0 Å². The first kappa shape index (κ1) is 12.4. The largest absolute Gasteiger partial charge is 0.321 e. The minimum atomic E-state index is -0.0662. The minimum Gasteiger partial charge on any atom is -0.321 e. The molecule has 3 aromatic rings. The number of hydrogen-bond donors (Lipinski definition) is 1. The van der Waals surface area contributed by atoms with Crippen LogP contribution in [0, 0.1) is 0 Å². The Morgan fingerprint density at radius 3 is 2.53 bits per heavy atom. The molecule has 19 heavy (non-hydrogen) atoms. The van der Waals surface area contributed by atoms with Gasteiger partial charge in [0.15, 0.2) is 0 Å². The van der Waals surface area contributed by atoms with Crippen LogP contribution >= 0.6 is 27.3 Å². The summed E-state index contributed by atoms with van der Waals surface area (Å²) < 4.78 is 2.12. The summed E-state index contributed by atoms with van der Waals surface area (Å²) in [6.07, 6.45) is 0. The van der Waals surface area contributed by atoms with Crippen LogP contribution in [0.1, 0.15) is 9.67 Å². The second kappa shape index (κ2) is 5.15. The average molecular weight is 332 g/mol. The molecule has 0 atom stereocenters. The van der Waals surface area contributed by atoms with Gasteiger partial charge in [0.25, 0.3) is 5.91 Å². The van der Waals surface area contributed by atoms with E-state index in [1.165, 1.54) is 11.3 Å². The van der Waals surface area contributed by atoms with Gasteiger partial charge in [-0.25, -0.2) is 0 Å². The van der Waals surface area contributed by atoms with Crippen molar-refractivity contribution < 1.29 is 4.79 Å². The van der Waals surface area contributed by atoms with E-state index in [4.69, 9.17) is 0 Å². The molecule has 0 aliphatic rings. The van der Waals surface area contributed by atoms with Crippen molar-refractivity contribution in [3.8, 4) is 0 Å². The first-order valence-electron chi connectivity index (χ1n) is 5.78. The quantitative estimate of drug-likeness (QED) is 0.709. The molecule has 0 saturated heterocycles. The van der Waals surface area contributed by atoms with E-state index in [1.807, 2.05) is 54.6 Å². The molecule has 0 fully saturated rings. The van der Waals surface area contributed by atoms with Gasteiger partial charge in [-0.3, -0.25) is 4.79 Å². The number of amides is 1. The smallest absolute Gasteiger partial charge is 0.265 e. The van der Waals surface area contributed by atoms with Gasteiger partial charge in [0.2, 0.25) is 0 Å². The minimum absolute atomic E-state index is 0.0662. The SMILES string of the molecule is O=C(Nc1ccc(Br)cc1)c1cc2ccccc2s1. The zero-order chi connectivity index (χ0) is 13.2. The van der Waals surface area contributed by atoms with Crippen molar-refractivity contribution in [2.75, 3.05) is 5.32 Å². The maximum absolute atomic E-state index is 12.2. The highest BCUT2D eigenvalue weighted by Crippen LogP contribution is 2.26. The molecule has 0 saturated carbocycles. The van der Waals surface area contributed by atoms with Gasteiger partial charge in [0.1, 0.15) is 0 Å². The summed E-state index contributed by atoms with van der Waals surface area (Å²) in [5.74, 6) is -0.0662. The van der Waals surface area contributed by atoms with E-state index in [-0.39, 0.29) is 5.91 Å². The average Bonchev–Trinajstić information content (AvgIpc) is 2.85. The van der Waals surface area contributed by atoms with E-state index in [0.29, 0.717) is 0 Å². The Morgan fingerprint density at radius 1 is 1.05 bits per heavy atom. The molecule has 1 aromatic heterocycles. The molecule has 1 N–H and O–H groups in total. The molecule has 94 valence electrons. The monoisotopic (exact) mass is 331 g/mol. The molecule has 1 heterocycles. The van der Waals surface area contributed by atoms with Gasteiger partial charge < -0.3 is 5.32 Å². The highest BCUT2D eigenvalue weighted by Gasteiger charge is 2.10. The Bertz CT molecular complexity index is 700. The van der Waals surface area contributed by atoms with Gasteiger partial charge in [-0.15, -0.1) is 11.3 Å². The molecule has 0 bridgehead atoms. The Balaban J connectivity index is 1.85. The summed E-state index contributed by atoms with van der Waals surface area (Å²) in [6.45, 7) is 0. The van der Waals surface area contributed by atoms with Crippen LogP contribution in [0.4, 0.5) is 5.69 Å². The van der Waals surface area contributed by atoms with Crippen LogP contribution in [-0.2, 0) is 0 Å². The van der Waals surface area contributed by atoms with Gasteiger partial charge in [-0.1, -0.05) is 34.1 Å². The zero-order valence-corrected chi connectivity index (χ0v) is 12.3. The van der Waals surface area contributed by atoms with E-state index < -0.39 is 0 Å². The number of anilines is 1. The highest BCUT2D eigenvalue weighted by molar-refractivity contribution is 9.10. The first-order chi connectivity index (χ1) is 9.22. The van der Waals surface area contributed by atoms with Crippen molar-refractivity contribution in [3.63, 3.8) is 0 Å². The Morgan fingerprint density at radius 2 is 1.79 bits per heavy atom. The van der Waals surface area contributed by atoms with Crippen LogP contribution in [0.25, 0.3) is 10.1 Å². The third-order valence-electron chi connectivity index (χ3n) is 2.75. The van der Waals surface area contributed by atoms with Crippen molar-refractivity contribution in [1.29, 1.82) is 0 Å². The van der Waals surface area contributed by atoms with Crippen molar-refractivity contribution >= 4 is 48.9 Å². The van der Waals surface area contributed by atoms with Crippen LogP contribution in [0.5, 0.6) is 0 Å². The van der Waals surface area contributed by atoms with Gasteiger partial charge in [0.05, 0.1) is 4.88 Å². The molecule has 0 aliphatic carbocycles. The maximum Gasteiger partial charge on any atom is 0.265 e. The fraction of sp³-hybridized carbons (Fsp3) is 0. The molecule has 0 unspecified atom stereocenters. The number of thiophene rings is 1. The predicted molar refractivity (Wildman–Crippen MR) is 83.9 cm³/mol. The summed E-state index contributed by atoms with van der Waals surface area (Å²) >= 11 is 4.88. The lowest BCUT2D eigenvalue weighted by Crippen LogP contribution is -2.09. The Labute approximate surface area is 123 Å². The van der Waals surface area contributed by atoms with Crippen molar-refractivity contribution in [2.45, 2.75) is 0 Å². The van der Waals surface area contributed by atoms with Gasteiger partial charge in [-0.2, -0.15) is 0 Å². The summed E-state index contributed by atoms with van der Waals surface area (Å²) in [5.41, 5.74) is 0.797. The number of rotatable bonds is 2. The number of carbonyl (C=O) groups excluding carboxylic acids is 1. The lowest BCUT2D eigenvalue weighted by atomic mass is 10.2. The van der Waals surface area contributed by atoms with Crippen molar-refractivity contribution in [1.82, 2.24) is 0 Å². The molecule has 0 radical (unpaired) electrons. The number of benzene rings is 2. The van der Waals surface area contributed by atoms with Crippen LogP contribution in [0.2, 0.25) is 0 Å². The number of fused-ring (bicyclic) bond motifs is 1. The lowest BCUT2D eigenvalue weighted by Gasteiger charge is -2.02. The number of halogens is 1. The van der Waals surface area contributed by atoms with Gasteiger partial charge >= 0.3 is 0 Å². The van der Waals surface area contributed by atoms with E-state index >= 15 is 0 Å². The molecule has 2 nitrogen and oxygen atoms in total. The maximum atomic E-state index is 12.2. The highest BCUT2D eigenvalue weighted by atomic mass is 79.9. The van der Waals surface area contributed by atoms with E-state index in [1.54, 1.807) is 0 Å². The van der Waals surface area contributed by atoms with E-state index in [9.17, 15) is 4.79 Å². The van der Waals surface area contributed by atoms with Crippen molar-refractivity contribution in [3.05, 3.63) is 63.9 Å². The molecule has 0 aliphatic heterocycles. The van der Waals surface area contributed by atoms with Gasteiger partial charge in [0, 0.05) is 14.9 Å². The fourth-order valence-corrected chi connectivity index (χ4v) is 3.04. The summed E-state index contributed by atoms with van der Waals surface area (Å²) in [5, 5.41) is 4.00. The van der Waals surface area contributed by atoms with Crippen LogP contribution < -0.4 is 5.32 Å². The Kier molecular flexibility index (Phi) is 3.36. The van der Waals surface area contributed by atoms with Gasteiger partial charge in [-0.05, 0) is 41.8 Å². The molecule has 4 heteroatoms. The molecular formula is C15H10BrNOS.